The summed E-state index contributed by atoms with van der Waals surface area (Å²) in [6.45, 7) is -1.04. The van der Waals surface area contributed by atoms with Crippen LogP contribution in [-0.2, 0) is 0 Å². The van der Waals surface area contributed by atoms with E-state index in [2.05, 4.69) is 32.8 Å². The minimum atomic E-state index is -2.97. The quantitative estimate of drug-likeness (QED) is 0.526. The molecule has 1 fully saturated rings. The molecule has 34 heavy (non-hydrogen) atoms. The molecule has 0 bridgehead atoms. The molecule has 2 aliphatic rings. The normalized spacial score (nSPS) is 18.9. The van der Waals surface area contributed by atoms with Crippen molar-refractivity contribution >= 4 is 23.3 Å². The number of carbonyl (C=O) groups is 1. The first-order valence-electron chi connectivity index (χ1n) is 10.6. The van der Waals surface area contributed by atoms with Gasteiger partial charge in [0.1, 0.15) is 11.3 Å². The number of amides is 1. The first-order valence-corrected chi connectivity index (χ1v) is 11.5. The Morgan fingerprint density at radius 2 is 2.15 bits per heavy atom. The maximum Gasteiger partial charge on any atom is 0.387 e. The van der Waals surface area contributed by atoms with Crippen LogP contribution in [-0.4, -0.2) is 69.5 Å². The van der Waals surface area contributed by atoms with Gasteiger partial charge in [-0.1, -0.05) is 0 Å². The Morgan fingerprint density at radius 1 is 1.32 bits per heavy atom. The summed E-state index contributed by atoms with van der Waals surface area (Å²) in [4.78, 5) is 20.4. The van der Waals surface area contributed by atoms with E-state index in [0.29, 0.717) is 27.7 Å². The number of rotatable bonds is 7. The molecule has 1 atom stereocenters. The zero-order valence-electron chi connectivity index (χ0n) is 18.5. The van der Waals surface area contributed by atoms with Crippen molar-refractivity contribution in [3.63, 3.8) is 0 Å². The number of hydrogen-bond acceptors (Lipinski definition) is 8. The maximum atomic E-state index is 13.2. The average Bonchev–Trinajstić information content (AvgIpc) is 3.36. The van der Waals surface area contributed by atoms with E-state index in [0.717, 1.165) is 18.0 Å². The van der Waals surface area contributed by atoms with Crippen molar-refractivity contribution in [3.05, 3.63) is 65.9 Å². The Bertz CT molecular complexity index is 1240. The number of fused-ring (bicyclic) bond motifs is 1. The van der Waals surface area contributed by atoms with Crippen LogP contribution >= 0.6 is 11.8 Å². The molecule has 4 heterocycles. The Hall–Kier alpha value is -3.22. The first-order chi connectivity index (χ1) is 16.4. The summed E-state index contributed by atoms with van der Waals surface area (Å²) in [5.41, 5.74) is 4.91. The first kappa shape index (κ1) is 22.6. The van der Waals surface area contributed by atoms with Crippen molar-refractivity contribution in [1.29, 1.82) is 0 Å². The molecule has 178 valence electrons. The number of hydrogen-bond donors (Lipinski definition) is 2. The zero-order chi connectivity index (χ0) is 23.8. The number of aromatic nitrogens is 3. The highest BCUT2D eigenvalue weighted by Crippen LogP contribution is 2.38. The third-order valence-electron chi connectivity index (χ3n) is 5.60. The lowest BCUT2D eigenvalue weighted by atomic mass is 10.0. The van der Waals surface area contributed by atoms with Gasteiger partial charge in [0.25, 0.3) is 5.91 Å². The molecule has 0 saturated carbocycles. The van der Waals surface area contributed by atoms with E-state index in [1.807, 2.05) is 6.07 Å². The predicted octanol–water partition coefficient (Wildman–Crippen LogP) is 2.50. The topological polar surface area (TPSA) is 87.0 Å². The van der Waals surface area contributed by atoms with Crippen molar-refractivity contribution < 1.29 is 18.3 Å². The number of thioether (sulfide) groups is 1. The van der Waals surface area contributed by atoms with Gasteiger partial charge in [-0.2, -0.15) is 13.9 Å². The second kappa shape index (κ2) is 9.20. The molecular formula is C22H23F2N7O2S. The molecule has 0 aliphatic carbocycles. The van der Waals surface area contributed by atoms with Gasteiger partial charge in [-0.15, -0.1) is 11.8 Å². The second-order valence-corrected chi connectivity index (χ2v) is 9.57. The van der Waals surface area contributed by atoms with Gasteiger partial charge >= 0.3 is 6.61 Å². The minimum Gasteiger partial charge on any atom is -0.434 e. The zero-order valence-corrected chi connectivity index (χ0v) is 19.3. The number of alkyl halides is 2. The molecule has 1 saturated heterocycles. The van der Waals surface area contributed by atoms with Crippen LogP contribution in [0.1, 0.15) is 22.0 Å². The number of carbonyl (C=O) groups excluding carboxylic acids is 1. The van der Waals surface area contributed by atoms with Crippen LogP contribution in [0, 0.1) is 0 Å². The van der Waals surface area contributed by atoms with Gasteiger partial charge in [-0.05, 0) is 31.3 Å². The van der Waals surface area contributed by atoms with Crippen LogP contribution in [0.2, 0.25) is 0 Å². The number of likely N-dealkylation sites (tertiary alicyclic amines) is 1. The van der Waals surface area contributed by atoms with Crippen LogP contribution in [0.4, 0.5) is 8.78 Å². The highest BCUT2D eigenvalue weighted by atomic mass is 32.2. The van der Waals surface area contributed by atoms with Crippen molar-refractivity contribution in [1.82, 2.24) is 35.2 Å². The molecule has 0 radical (unpaired) electrons. The van der Waals surface area contributed by atoms with E-state index in [1.165, 1.54) is 10.7 Å². The summed E-state index contributed by atoms with van der Waals surface area (Å²) in [5, 5.41) is 9.15. The summed E-state index contributed by atoms with van der Waals surface area (Å²) in [7, 11) is 3.82. The molecule has 2 aliphatic heterocycles. The largest absolute Gasteiger partial charge is 0.434 e. The van der Waals surface area contributed by atoms with Crippen molar-refractivity contribution in [2.45, 2.75) is 22.8 Å². The fraction of sp³-hybridized carbons (Fsp3) is 0.318. The Kier molecular flexibility index (Phi) is 6.11. The molecule has 1 unspecified atom stereocenters. The monoisotopic (exact) mass is 487 g/mol. The number of nitrogens with one attached hydrogen (secondary N) is 2. The fourth-order valence-electron chi connectivity index (χ4n) is 4.06. The van der Waals surface area contributed by atoms with Gasteiger partial charge in [0, 0.05) is 54.4 Å². The van der Waals surface area contributed by atoms with Crippen molar-refractivity contribution in [2.75, 3.05) is 27.2 Å². The van der Waals surface area contributed by atoms with Crippen LogP contribution < -0.4 is 15.5 Å². The molecule has 2 aromatic heterocycles. The number of nitrogens with zero attached hydrogens (tertiary/aromatic N) is 5. The molecule has 5 rings (SSSR count). The second-order valence-electron chi connectivity index (χ2n) is 8.20. The molecular weight excluding hydrogens is 464 g/mol. The summed E-state index contributed by atoms with van der Waals surface area (Å²) in [6, 6.07) is 6.31. The third kappa shape index (κ3) is 4.56. The van der Waals surface area contributed by atoms with E-state index in [-0.39, 0.29) is 5.75 Å². The number of ether oxygens (including phenoxy) is 1. The minimum absolute atomic E-state index is 0.0516. The lowest BCUT2D eigenvalue weighted by Crippen LogP contribution is -2.45. The maximum absolute atomic E-state index is 13.2. The van der Waals surface area contributed by atoms with E-state index in [4.69, 9.17) is 4.74 Å². The summed E-state index contributed by atoms with van der Waals surface area (Å²) in [6.07, 6.45) is 6.42. The number of halogens is 2. The third-order valence-corrected chi connectivity index (χ3v) is 6.76. The van der Waals surface area contributed by atoms with Crippen LogP contribution in [0.3, 0.4) is 0 Å². The van der Waals surface area contributed by atoms with E-state index in [9.17, 15) is 13.6 Å². The van der Waals surface area contributed by atoms with Gasteiger partial charge in [-0.25, -0.2) is 14.9 Å². The highest BCUT2D eigenvalue weighted by molar-refractivity contribution is 8.00. The smallest absolute Gasteiger partial charge is 0.387 e. The van der Waals surface area contributed by atoms with Gasteiger partial charge < -0.3 is 20.0 Å². The molecule has 1 aromatic carbocycles. The standard InChI is InChI=1S/C22H23F2N7O2S/c1-29-10-14(11-29)34-13-4-5-18(33-22(23)24)15(8-13)19-17(12-30(2)28-19)27-21(32)16-9-26-31-7-3-6-25-20(16)31/h3-9,12,14,19,22,28H,10-11H2,1-2H3,(H,27,32). The molecule has 3 aromatic rings. The molecule has 0 spiro atoms. The Balaban J connectivity index is 1.42. The van der Waals surface area contributed by atoms with E-state index in [1.54, 1.807) is 60.6 Å². The van der Waals surface area contributed by atoms with Crippen LogP contribution in [0.15, 0.2) is 59.6 Å². The SMILES string of the molecule is CN1CC(Sc2ccc(OC(F)F)c(C3NN(C)C=C3NC(=O)c3cnn4cccnc34)c2)C1. The summed E-state index contributed by atoms with van der Waals surface area (Å²) in [5.74, 6) is -0.350. The highest BCUT2D eigenvalue weighted by Gasteiger charge is 2.31. The van der Waals surface area contributed by atoms with Crippen molar-refractivity contribution in [3.8, 4) is 5.75 Å². The van der Waals surface area contributed by atoms with Gasteiger partial charge in [0.05, 0.1) is 17.9 Å². The van der Waals surface area contributed by atoms with Crippen molar-refractivity contribution in [2.24, 2.45) is 0 Å². The average molecular weight is 488 g/mol. The lowest BCUT2D eigenvalue weighted by molar-refractivity contribution is -0.0507. The molecule has 1 amide bonds. The lowest BCUT2D eigenvalue weighted by Gasteiger charge is -2.35. The predicted molar refractivity (Wildman–Crippen MR) is 122 cm³/mol. The molecule has 12 heteroatoms. The van der Waals surface area contributed by atoms with Gasteiger partial charge in [0.2, 0.25) is 0 Å². The number of hydrazine groups is 1. The Labute approximate surface area is 198 Å². The van der Waals surface area contributed by atoms with E-state index >= 15 is 0 Å². The van der Waals surface area contributed by atoms with Gasteiger partial charge in [-0.3, -0.25) is 4.79 Å². The Morgan fingerprint density at radius 3 is 2.91 bits per heavy atom. The summed E-state index contributed by atoms with van der Waals surface area (Å²) >= 11 is 1.70. The number of benzene rings is 1. The summed E-state index contributed by atoms with van der Waals surface area (Å²) < 4.78 is 32.6. The van der Waals surface area contributed by atoms with Gasteiger partial charge in [0.15, 0.2) is 5.65 Å². The molecule has 2 N–H and O–H groups in total. The fourth-order valence-corrected chi connectivity index (χ4v) is 5.44. The van der Waals surface area contributed by atoms with Crippen LogP contribution in [0.5, 0.6) is 5.75 Å². The van der Waals surface area contributed by atoms with E-state index < -0.39 is 18.6 Å². The van der Waals surface area contributed by atoms with Crippen LogP contribution in [0.25, 0.3) is 5.65 Å². The molecule has 9 nitrogen and oxygen atoms in total.